The van der Waals surface area contributed by atoms with E-state index < -0.39 is 0 Å². The molecular formula is C18H34IN7O. The molecule has 0 aliphatic carbocycles. The SMILES string of the molecule is CN=C(NCC1CCN(CCOC)CC1)N1CCC(c2ncn[nH]2)CC1.I. The average Bonchev–Trinajstić information content (AvgIpc) is 3.23. The van der Waals surface area contributed by atoms with Crippen molar-refractivity contribution in [2.24, 2.45) is 10.9 Å². The minimum atomic E-state index is 0. The second-order valence-corrected chi connectivity index (χ2v) is 7.34. The molecule has 0 spiro atoms. The summed E-state index contributed by atoms with van der Waals surface area (Å²) >= 11 is 0. The summed E-state index contributed by atoms with van der Waals surface area (Å²) in [6.45, 7) is 7.29. The number of hydrogen-bond acceptors (Lipinski definition) is 5. The van der Waals surface area contributed by atoms with Crippen molar-refractivity contribution in [3.8, 4) is 0 Å². The number of aliphatic imine (C=N–C) groups is 1. The predicted molar refractivity (Wildman–Crippen MR) is 118 cm³/mol. The van der Waals surface area contributed by atoms with Crippen molar-refractivity contribution in [1.82, 2.24) is 30.3 Å². The third-order valence-electron chi connectivity index (χ3n) is 5.69. The fraction of sp³-hybridized carbons (Fsp3) is 0.833. The Labute approximate surface area is 179 Å². The fourth-order valence-electron chi connectivity index (χ4n) is 3.98. The summed E-state index contributed by atoms with van der Waals surface area (Å²) in [5, 5.41) is 10.6. The van der Waals surface area contributed by atoms with E-state index in [1.165, 1.54) is 25.9 Å². The van der Waals surface area contributed by atoms with Gasteiger partial charge in [-0.15, -0.1) is 24.0 Å². The number of ether oxygens (including phenoxy) is 1. The van der Waals surface area contributed by atoms with Crippen molar-refractivity contribution in [3.05, 3.63) is 12.2 Å². The van der Waals surface area contributed by atoms with Crippen LogP contribution in [0.5, 0.6) is 0 Å². The zero-order valence-corrected chi connectivity index (χ0v) is 18.9. The quantitative estimate of drug-likeness (QED) is 0.357. The van der Waals surface area contributed by atoms with Crippen molar-refractivity contribution < 1.29 is 4.74 Å². The maximum absolute atomic E-state index is 5.18. The summed E-state index contributed by atoms with van der Waals surface area (Å²) in [5.41, 5.74) is 0. The number of piperidine rings is 2. The maximum atomic E-state index is 5.18. The first-order chi connectivity index (χ1) is 12.8. The largest absolute Gasteiger partial charge is 0.383 e. The first-order valence-electron chi connectivity index (χ1n) is 9.82. The molecule has 0 unspecified atom stereocenters. The van der Waals surface area contributed by atoms with Crippen molar-refractivity contribution >= 4 is 29.9 Å². The van der Waals surface area contributed by atoms with Crippen LogP contribution >= 0.6 is 24.0 Å². The van der Waals surface area contributed by atoms with Gasteiger partial charge in [0.15, 0.2) is 5.96 Å². The van der Waals surface area contributed by atoms with Gasteiger partial charge in [-0.1, -0.05) is 0 Å². The van der Waals surface area contributed by atoms with Crippen LogP contribution in [0, 0.1) is 5.92 Å². The number of aromatic amines is 1. The van der Waals surface area contributed by atoms with E-state index in [-0.39, 0.29) is 24.0 Å². The molecule has 0 radical (unpaired) electrons. The summed E-state index contributed by atoms with van der Waals surface area (Å²) < 4.78 is 5.18. The summed E-state index contributed by atoms with van der Waals surface area (Å²) in [5.74, 6) is 3.29. The number of hydrogen-bond donors (Lipinski definition) is 2. The molecule has 1 aromatic rings. The van der Waals surface area contributed by atoms with Crippen LogP contribution in [-0.4, -0.2) is 91.0 Å². The van der Waals surface area contributed by atoms with Gasteiger partial charge in [-0.2, -0.15) is 5.10 Å². The van der Waals surface area contributed by atoms with E-state index in [0.717, 1.165) is 63.3 Å². The van der Waals surface area contributed by atoms with Crippen LogP contribution < -0.4 is 5.32 Å². The number of methoxy groups -OCH3 is 1. The molecule has 3 heterocycles. The van der Waals surface area contributed by atoms with E-state index in [0.29, 0.717) is 5.92 Å². The van der Waals surface area contributed by atoms with Gasteiger partial charge in [-0.25, -0.2) is 4.98 Å². The lowest BCUT2D eigenvalue weighted by Crippen LogP contribution is -2.47. The average molecular weight is 491 g/mol. The Morgan fingerprint density at radius 1 is 1.26 bits per heavy atom. The number of halogens is 1. The van der Waals surface area contributed by atoms with Crippen molar-refractivity contribution in [2.45, 2.75) is 31.6 Å². The van der Waals surface area contributed by atoms with Gasteiger partial charge in [0.05, 0.1) is 6.61 Å². The number of guanidine groups is 1. The Morgan fingerprint density at radius 2 is 2.00 bits per heavy atom. The zero-order chi connectivity index (χ0) is 18.2. The molecule has 3 rings (SSSR count). The molecule has 2 N–H and O–H groups in total. The summed E-state index contributed by atoms with van der Waals surface area (Å²) in [6, 6.07) is 0. The molecule has 0 aromatic carbocycles. The van der Waals surface area contributed by atoms with E-state index in [9.17, 15) is 0 Å². The number of aromatic nitrogens is 3. The third-order valence-corrected chi connectivity index (χ3v) is 5.69. The van der Waals surface area contributed by atoms with Crippen LogP contribution in [0.1, 0.15) is 37.4 Å². The lowest BCUT2D eigenvalue weighted by Gasteiger charge is -2.35. The highest BCUT2D eigenvalue weighted by atomic mass is 127. The van der Waals surface area contributed by atoms with E-state index in [1.807, 2.05) is 7.05 Å². The third kappa shape index (κ3) is 6.56. The molecule has 2 fully saturated rings. The summed E-state index contributed by atoms with van der Waals surface area (Å²) in [4.78, 5) is 13.7. The van der Waals surface area contributed by atoms with Crippen LogP contribution in [0.4, 0.5) is 0 Å². The van der Waals surface area contributed by atoms with Crippen molar-refractivity contribution in [3.63, 3.8) is 0 Å². The second-order valence-electron chi connectivity index (χ2n) is 7.34. The van der Waals surface area contributed by atoms with Gasteiger partial charge in [-0.05, 0) is 44.7 Å². The Kier molecular flexibility index (Phi) is 9.77. The van der Waals surface area contributed by atoms with E-state index in [2.05, 4.69) is 35.3 Å². The molecule has 0 saturated carbocycles. The molecule has 1 aromatic heterocycles. The number of nitrogens with one attached hydrogen (secondary N) is 2. The number of likely N-dealkylation sites (tertiary alicyclic amines) is 2. The Morgan fingerprint density at radius 3 is 2.59 bits per heavy atom. The predicted octanol–water partition coefficient (Wildman–Crippen LogP) is 1.54. The topological polar surface area (TPSA) is 81.7 Å². The number of H-pyrrole nitrogens is 1. The van der Waals surface area contributed by atoms with Crippen molar-refractivity contribution in [1.29, 1.82) is 0 Å². The van der Waals surface area contributed by atoms with Gasteiger partial charge in [0.25, 0.3) is 0 Å². The lowest BCUT2D eigenvalue weighted by molar-refractivity contribution is 0.120. The van der Waals surface area contributed by atoms with Gasteiger partial charge in [0.1, 0.15) is 12.2 Å². The van der Waals surface area contributed by atoms with Gasteiger partial charge >= 0.3 is 0 Å². The molecule has 2 aliphatic heterocycles. The number of nitrogens with zero attached hydrogens (tertiary/aromatic N) is 5. The van der Waals surface area contributed by atoms with E-state index >= 15 is 0 Å². The Hall–Kier alpha value is -0.940. The minimum Gasteiger partial charge on any atom is -0.383 e. The Balaban J connectivity index is 0.00000261. The van der Waals surface area contributed by atoms with Crippen LogP contribution in [0.15, 0.2) is 11.3 Å². The van der Waals surface area contributed by atoms with Crippen LogP contribution in [-0.2, 0) is 4.74 Å². The first-order valence-corrected chi connectivity index (χ1v) is 9.82. The molecule has 2 aliphatic rings. The minimum absolute atomic E-state index is 0. The van der Waals surface area contributed by atoms with Gasteiger partial charge in [-0.3, -0.25) is 10.1 Å². The van der Waals surface area contributed by atoms with Crippen LogP contribution in [0.3, 0.4) is 0 Å². The zero-order valence-electron chi connectivity index (χ0n) is 16.6. The monoisotopic (exact) mass is 491 g/mol. The molecule has 8 nitrogen and oxygen atoms in total. The Bertz CT molecular complexity index is 538. The maximum Gasteiger partial charge on any atom is 0.193 e. The smallest absolute Gasteiger partial charge is 0.193 e. The van der Waals surface area contributed by atoms with Crippen LogP contribution in [0.25, 0.3) is 0 Å². The number of rotatable bonds is 6. The lowest BCUT2D eigenvalue weighted by atomic mass is 9.96. The highest BCUT2D eigenvalue weighted by Gasteiger charge is 2.25. The molecule has 9 heteroatoms. The van der Waals surface area contributed by atoms with Crippen molar-refractivity contribution in [2.75, 3.05) is 60.0 Å². The summed E-state index contributed by atoms with van der Waals surface area (Å²) in [6.07, 6.45) is 6.28. The van der Waals surface area contributed by atoms with Crippen LogP contribution in [0.2, 0.25) is 0 Å². The molecular weight excluding hydrogens is 457 g/mol. The fourth-order valence-corrected chi connectivity index (χ4v) is 3.98. The normalized spacial score (nSPS) is 20.5. The van der Waals surface area contributed by atoms with Gasteiger partial charge in [0, 0.05) is 46.3 Å². The molecule has 154 valence electrons. The van der Waals surface area contributed by atoms with E-state index in [1.54, 1.807) is 13.4 Å². The van der Waals surface area contributed by atoms with Gasteiger partial charge < -0.3 is 19.9 Å². The molecule has 0 bridgehead atoms. The molecule has 2 saturated heterocycles. The highest BCUT2D eigenvalue weighted by molar-refractivity contribution is 14.0. The molecule has 0 atom stereocenters. The summed E-state index contributed by atoms with van der Waals surface area (Å²) in [7, 11) is 3.66. The van der Waals surface area contributed by atoms with Gasteiger partial charge in [0.2, 0.25) is 0 Å². The molecule has 27 heavy (non-hydrogen) atoms. The molecule has 0 amide bonds. The van der Waals surface area contributed by atoms with E-state index in [4.69, 9.17) is 4.74 Å². The standard InChI is InChI=1S/C18H33N7O.HI/c1-19-18(20-13-15-3-7-24(8-4-15)11-12-26-2)25-9-5-16(6-10-25)17-21-14-22-23-17;/h14-16H,3-13H2,1-2H3,(H,19,20)(H,21,22,23);1H. The second kappa shape index (κ2) is 11.8. The first kappa shape index (κ1) is 22.4. The highest BCUT2D eigenvalue weighted by Crippen LogP contribution is 2.25.